The van der Waals surface area contributed by atoms with Crippen molar-refractivity contribution < 1.29 is 4.74 Å². The summed E-state index contributed by atoms with van der Waals surface area (Å²) in [6.07, 6.45) is 1.15. The minimum absolute atomic E-state index is 0.908. The standard InChI is InChI=1S/C18H22N2O/c1-20(12-14-4-7-17(21-2)8-5-14)13-15-3-6-16-9-10-19-18(16)11-15/h3-8,11,19H,9-10,12-13H2,1-2H3. The van der Waals surface area contributed by atoms with Crippen LogP contribution in [0.3, 0.4) is 0 Å². The molecular formula is C18H22N2O. The summed E-state index contributed by atoms with van der Waals surface area (Å²) >= 11 is 0. The van der Waals surface area contributed by atoms with Gasteiger partial charge in [-0.1, -0.05) is 24.3 Å². The molecule has 110 valence electrons. The van der Waals surface area contributed by atoms with Crippen LogP contribution in [-0.2, 0) is 19.5 Å². The number of fused-ring (bicyclic) bond motifs is 1. The molecule has 1 heterocycles. The lowest BCUT2D eigenvalue weighted by atomic mass is 10.1. The molecule has 0 bridgehead atoms. The van der Waals surface area contributed by atoms with Gasteiger partial charge in [0.15, 0.2) is 0 Å². The van der Waals surface area contributed by atoms with E-state index in [0.29, 0.717) is 0 Å². The fourth-order valence-corrected chi connectivity index (χ4v) is 2.85. The minimum atomic E-state index is 0.908. The summed E-state index contributed by atoms with van der Waals surface area (Å²) in [5.41, 5.74) is 5.42. The van der Waals surface area contributed by atoms with Gasteiger partial charge < -0.3 is 10.1 Å². The first kappa shape index (κ1) is 14.0. The fourth-order valence-electron chi connectivity index (χ4n) is 2.85. The fraction of sp³-hybridized carbons (Fsp3) is 0.333. The molecule has 0 aromatic heterocycles. The second kappa shape index (κ2) is 6.19. The molecule has 0 spiro atoms. The van der Waals surface area contributed by atoms with Gasteiger partial charge in [0.2, 0.25) is 0 Å². The van der Waals surface area contributed by atoms with E-state index in [0.717, 1.165) is 31.8 Å². The van der Waals surface area contributed by atoms with E-state index in [-0.39, 0.29) is 0 Å². The van der Waals surface area contributed by atoms with Gasteiger partial charge in [0.25, 0.3) is 0 Å². The zero-order valence-corrected chi connectivity index (χ0v) is 12.7. The second-order valence-electron chi connectivity index (χ2n) is 5.69. The Labute approximate surface area is 126 Å². The highest BCUT2D eigenvalue weighted by Crippen LogP contribution is 2.24. The van der Waals surface area contributed by atoms with E-state index in [4.69, 9.17) is 4.74 Å². The summed E-state index contributed by atoms with van der Waals surface area (Å²) in [6, 6.07) is 15.1. The molecule has 1 N–H and O–H groups in total. The van der Waals surface area contributed by atoms with E-state index in [1.54, 1.807) is 7.11 Å². The number of nitrogens with zero attached hydrogens (tertiary/aromatic N) is 1. The first-order valence-corrected chi connectivity index (χ1v) is 7.42. The average Bonchev–Trinajstić information content (AvgIpc) is 2.95. The predicted molar refractivity (Wildman–Crippen MR) is 86.8 cm³/mol. The summed E-state index contributed by atoms with van der Waals surface area (Å²) < 4.78 is 5.19. The summed E-state index contributed by atoms with van der Waals surface area (Å²) in [5, 5.41) is 3.44. The lowest BCUT2D eigenvalue weighted by molar-refractivity contribution is 0.319. The average molecular weight is 282 g/mol. The van der Waals surface area contributed by atoms with Crippen molar-refractivity contribution in [3.05, 3.63) is 59.2 Å². The Bertz CT molecular complexity index is 607. The molecule has 0 radical (unpaired) electrons. The highest BCUT2D eigenvalue weighted by Gasteiger charge is 2.10. The maximum atomic E-state index is 5.19. The van der Waals surface area contributed by atoms with E-state index in [2.05, 4.69) is 47.6 Å². The van der Waals surface area contributed by atoms with Crippen molar-refractivity contribution in [2.24, 2.45) is 0 Å². The summed E-state index contributed by atoms with van der Waals surface area (Å²) in [6.45, 7) is 2.97. The van der Waals surface area contributed by atoms with Crippen LogP contribution in [-0.4, -0.2) is 25.6 Å². The number of hydrogen-bond acceptors (Lipinski definition) is 3. The Kier molecular flexibility index (Phi) is 4.11. The minimum Gasteiger partial charge on any atom is -0.497 e. The summed E-state index contributed by atoms with van der Waals surface area (Å²) in [4.78, 5) is 2.33. The molecule has 21 heavy (non-hydrogen) atoms. The van der Waals surface area contributed by atoms with Crippen molar-refractivity contribution >= 4 is 5.69 Å². The number of methoxy groups -OCH3 is 1. The van der Waals surface area contributed by atoms with Crippen molar-refractivity contribution in [1.82, 2.24) is 4.90 Å². The van der Waals surface area contributed by atoms with Crippen LogP contribution in [0.25, 0.3) is 0 Å². The smallest absolute Gasteiger partial charge is 0.118 e. The third-order valence-electron chi connectivity index (χ3n) is 3.95. The highest BCUT2D eigenvalue weighted by molar-refractivity contribution is 5.57. The first-order chi connectivity index (χ1) is 10.2. The van der Waals surface area contributed by atoms with Gasteiger partial charge in [-0.3, -0.25) is 4.90 Å². The van der Waals surface area contributed by atoms with Crippen LogP contribution in [0.15, 0.2) is 42.5 Å². The van der Waals surface area contributed by atoms with Crippen LogP contribution < -0.4 is 10.1 Å². The van der Waals surface area contributed by atoms with Gasteiger partial charge >= 0.3 is 0 Å². The second-order valence-corrected chi connectivity index (χ2v) is 5.69. The molecule has 0 aliphatic carbocycles. The van der Waals surface area contributed by atoms with Gasteiger partial charge in [-0.05, 0) is 48.4 Å². The zero-order chi connectivity index (χ0) is 14.7. The number of rotatable bonds is 5. The van der Waals surface area contributed by atoms with Gasteiger partial charge in [0.05, 0.1) is 7.11 Å². The van der Waals surface area contributed by atoms with Crippen LogP contribution in [0.1, 0.15) is 16.7 Å². The molecule has 0 amide bonds. The van der Waals surface area contributed by atoms with E-state index in [9.17, 15) is 0 Å². The van der Waals surface area contributed by atoms with Crippen LogP contribution >= 0.6 is 0 Å². The topological polar surface area (TPSA) is 24.5 Å². The Morgan fingerprint density at radius 3 is 2.52 bits per heavy atom. The van der Waals surface area contributed by atoms with E-state index >= 15 is 0 Å². The van der Waals surface area contributed by atoms with Crippen LogP contribution in [0.4, 0.5) is 5.69 Å². The molecular weight excluding hydrogens is 260 g/mol. The predicted octanol–water partition coefficient (Wildman–Crippen LogP) is 3.30. The monoisotopic (exact) mass is 282 g/mol. The molecule has 0 atom stereocenters. The van der Waals surface area contributed by atoms with Crippen LogP contribution in [0.5, 0.6) is 5.75 Å². The van der Waals surface area contributed by atoms with E-state index < -0.39 is 0 Å². The number of hydrogen-bond donors (Lipinski definition) is 1. The van der Waals surface area contributed by atoms with Crippen molar-refractivity contribution in [2.75, 3.05) is 26.0 Å². The molecule has 2 aromatic carbocycles. The molecule has 0 saturated heterocycles. The largest absolute Gasteiger partial charge is 0.497 e. The Morgan fingerprint density at radius 2 is 1.76 bits per heavy atom. The van der Waals surface area contributed by atoms with Crippen molar-refractivity contribution in [2.45, 2.75) is 19.5 Å². The van der Waals surface area contributed by atoms with Crippen molar-refractivity contribution in [3.8, 4) is 5.75 Å². The normalized spacial score (nSPS) is 13.1. The van der Waals surface area contributed by atoms with Crippen molar-refractivity contribution in [1.29, 1.82) is 0 Å². The number of nitrogens with one attached hydrogen (secondary N) is 1. The maximum absolute atomic E-state index is 5.19. The van der Waals surface area contributed by atoms with Crippen LogP contribution in [0.2, 0.25) is 0 Å². The van der Waals surface area contributed by atoms with Gasteiger partial charge in [-0.25, -0.2) is 0 Å². The zero-order valence-electron chi connectivity index (χ0n) is 12.7. The van der Waals surface area contributed by atoms with Gasteiger partial charge in [0.1, 0.15) is 5.75 Å². The van der Waals surface area contributed by atoms with Gasteiger partial charge in [-0.2, -0.15) is 0 Å². The molecule has 3 heteroatoms. The SMILES string of the molecule is COc1ccc(CN(C)Cc2ccc3c(c2)NCC3)cc1. The van der Waals surface area contributed by atoms with Crippen LogP contribution in [0, 0.1) is 0 Å². The van der Waals surface area contributed by atoms with Crippen molar-refractivity contribution in [3.63, 3.8) is 0 Å². The molecule has 0 fully saturated rings. The molecule has 0 unspecified atom stereocenters. The molecule has 1 aliphatic rings. The molecule has 3 nitrogen and oxygen atoms in total. The first-order valence-electron chi connectivity index (χ1n) is 7.42. The highest BCUT2D eigenvalue weighted by atomic mass is 16.5. The lowest BCUT2D eigenvalue weighted by Crippen LogP contribution is -2.17. The lowest BCUT2D eigenvalue weighted by Gasteiger charge is -2.17. The maximum Gasteiger partial charge on any atom is 0.118 e. The third-order valence-corrected chi connectivity index (χ3v) is 3.95. The van der Waals surface area contributed by atoms with E-state index in [1.807, 2.05) is 12.1 Å². The van der Waals surface area contributed by atoms with E-state index in [1.165, 1.54) is 22.4 Å². The Hall–Kier alpha value is -2.00. The number of anilines is 1. The van der Waals surface area contributed by atoms with Gasteiger partial charge in [-0.15, -0.1) is 0 Å². The summed E-state index contributed by atoms with van der Waals surface area (Å²) in [7, 11) is 3.86. The number of benzene rings is 2. The molecule has 2 aromatic rings. The number of ether oxygens (including phenoxy) is 1. The quantitative estimate of drug-likeness (QED) is 0.910. The Morgan fingerprint density at radius 1 is 1.05 bits per heavy atom. The Balaban J connectivity index is 1.61. The summed E-state index contributed by atoms with van der Waals surface area (Å²) in [5.74, 6) is 0.908. The third kappa shape index (κ3) is 3.37. The molecule has 1 aliphatic heterocycles. The molecule has 0 saturated carbocycles. The molecule has 3 rings (SSSR count). The van der Waals surface area contributed by atoms with Gasteiger partial charge in [0, 0.05) is 25.3 Å².